The van der Waals surface area contributed by atoms with Crippen molar-refractivity contribution >= 4 is 28.5 Å². The lowest BCUT2D eigenvalue weighted by molar-refractivity contribution is 0.0933. The summed E-state index contributed by atoms with van der Waals surface area (Å²) in [6.45, 7) is 0.372. The predicted octanol–water partition coefficient (Wildman–Crippen LogP) is 5.14. The summed E-state index contributed by atoms with van der Waals surface area (Å²) >= 11 is 6.03. The fourth-order valence-corrected chi connectivity index (χ4v) is 3.44. The Hall–Kier alpha value is -3.25. The van der Waals surface area contributed by atoms with Crippen LogP contribution in [0.2, 0.25) is 5.02 Å². The molecule has 1 atom stereocenters. The van der Waals surface area contributed by atoms with Crippen molar-refractivity contribution in [1.82, 2.24) is 14.9 Å². The van der Waals surface area contributed by atoms with Crippen molar-refractivity contribution in [1.29, 1.82) is 0 Å². The number of carbonyl (C=O) groups excluding carboxylic acids is 1. The third kappa shape index (κ3) is 4.12. The van der Waals surface area contributed by atoms with Gasteiger partial charge >= 0.3 is 0 Å². The number of hydrogen-bond donors (Lipinski definition) is 1. The molecule has 0 fully saturated rings. The van der Waals surface area contributed by atoms with Crippen LogP contribution in [0.15, 0.2) is 73.1 Å². The maximum Gasteiger partial charge on any atom is 0.253 e. The van der Waals surface area contributed by atoms with E-state index in [-0.39, 0.29) is 16.4 Å². The summed E-state index contributed by atoms with van der Waals surface area (Å²) in [4.78, 5) is 17.2. The molecule has 29 heavy (non-hydrogen) atoms. The van der Waals surface area contributed by atoms with E-state index in [1.165, 1.54) is 24.3 Å². The summed E-state index contributed by atoms with van der Waals surface area (Å²) in [5.41, 5.74) is 2.62. The van der Waals surface area contributed by atoms with E-state index in [4.69, 9.17) is 11.6 Å². The van der Waals surface area contributed by atoms with Crippen LogP contribution in [0.4, 0.5) is 8.78 Å². The minimum absolute atomic E-state index is 0.0217. The Morgan fingerprint density at radius 1 is 1.03 bits per heavy atom. The van der Waals surface area contributed by atoms with E-state index < -0.39 is 17.8 Å². The molecule has 0 saturated heterocycles. The number of benzene rings is 3. The fourth-order valence-electron chi connectivity index (χ4n) is 3.19. The van der Waals surface area contributed by atoms with Gasteiger partial charge in [0.25, 0.3) is 5.91 Å². The Balaban J connectivity index is 1.66. The number of rotatable bonds is 5. The molecule has 1 N–H and O–H groups in total. The van der Waals surface area contributed by atoms with Crippen LogP contribution in [0, 0.1) is 11.6 Å². The molecule has 3 aromatic carbocycles. The van der Waals surface area contributed by atoms with E-state index >= 15 is 0 Å². The van der Waals surface area contributed by atoms with Crippen LogP contribution in [0.1, 0.15) is 22.0 Å². The van der Waals surface area contributed by atoms with Crippen LogP contribution in [0.3, 0.4) is 0 Å². The lowest BCUT2D eigenvalue weighted by Crippen LogP contribution is -2.31. The van der Waals surface area contributed by atoms with Gasteiger partial charge in [0.1, 0.15) is 11.6 Å². The monoisotopic (exact) mass is 411 g/mol. The van der Waals surface area contributed by atoms with E-state index in [0.29, 0.717) is 6.54 Å². The SMILES string of the molecule is O=C(NC(Cn1cnc2ccccc21)c1ccc(F)cc1)c1ccc(F)cc1Cl. The van der Waals surface area contributed by atoms with E-state index in [1.54, 1.807) is 18.5 Å². The molecule has 1 aromatic heterocycles. The van der Waals surface area contributed by atoms with Crippen LogP contribution >= 0.6 is 11.6 Å². The number of aromatic nitrogens is 2. The number of nitrogens with zero attached hydrogens (tertiary/aromatic N) is 2. The Labute approximate surface area is 170 Å². The largest absolute Gasteiger partial charge is 0.343 e. The average molecular weight is 412 g/mol. The van der Waals surface area contributed by atoms with Gasteiger partial charge in [-0.05, 0) is 48.0 Å². The number of para-hydroxylation sites is 2. The highest BCUT2D eigenvalue weighted by molar-refractivity contribution is 6.33. The molecule has 4 nitrogen and oxygen atoms in total. The first-order chi connectivity index (χ1) is 14.0. The highest BCUT2D eigenvalue weighted by Gasteiger charge is 2.19. The molecule has 1 unspecified atom stereocenters. The molecular formula is C22H16ClF2N3O. The summed E-state index contributed by atoms with van der Waals surface area (Å²) in [5.74, 6) is -1.34. The normalized spacial score (nSPS) is 12.1. The molecule has 0 aliphatic rings. The molecule has 0 saturated carbocycles. The number of fused-ring (bicyclic) bond motifs is 1. The fraction of sp³-hybridized carbons (Fsp3) is 0.0909. The first-order valence-corrected chi connectivity index (χ1v) is 9.30. The third-order valence-corrected chi connectivity index (χ3v) is 4.97. The number of carbonyl (C=O) groups is 1. The third-order valence-electron chi connectivity index (χ3n) is 4.66. The molecule has 7 heteroatoms. The molecule has 0 spiro atoms. The van der Waals surface area contributed by atoms with Crippen molar-refractivity contribution in [2.45, 2.75) is 12.6 Å². The topological polar surface area (TPSA) is 46.9 Å². The van der Waals surface area contributed by atoms with Gasteiger partial charge in [-0.25, -0.2) is 13.8 Å². The van der Waals surface area contributed by atoms with Crippen LogP contribution in [0.5, 0.6) is 0 Å². The summed E-state index contributed by atoms with van der Waals surface area (Å²) in [7, 11) is 0. The Kier molecular flexibility index (Phi) is 5.27. The zero-order chi connectivity index (χ0) is 20.4. The van der Waals surface area contributed by atoms with Crippen LogP contribution in [0.25, 0.3) is 11.0 Å². The van der Waals surface area contributed by atoms with E-state index in [9.17, 15) is 13.6 Å². The maximum absolute atomic E-state index is 13.4. The molecule has 4 aromatic rings. The predicted molar refractivity (Wildman–Crippen MR) is 108 cm³/mol. The van der Waals surface area contributed by atoms with Gasteiger partial charge in [-0.1, -0.05) is 35.9 Å². The molecule has 0 bridgehead atoms. The van der Waals surface area contributed by atoms with E-state index in [1.807, 2.05) is 28.8 Å². The van der Waals surface area contributed by atoms with Crippen molar-refractivity contribution in [3.05, 3.63) is 101 Å². The standard InChI is InChI=1S/C22H16ClF2N3O/c23-18-11-16(25)9-10-17(18)22(29)27-20(14-5-7-15(24)8-6-14)12-28-13-26-19-3-1-2-4-21(19)28/h1-11,13,20H,12H2,(H,27,29). The van der Waals surface area contributed by atoms with E-state index in [2.05, 4.69) is 10.3 Å². The zero-order valence-electron chi connectivity index (χ0n) is 15.1. The minimum Gasteiger partial charge on any atom is -0.343 e. The molecule has 1 heterocycles. The van der Waals surface area contributed by atoms with Gasteiger partial charge in [0.2, 0.25) is 0 Å². The lowest BCUT2D eigenvalue weighted by atomic mass is 10.1. The van der Waals surface area contributed by atoms with Gasteiger partial charge in [-0.2, -0.15) is 0 Å². The summed E-state index contributed by atoms with van der Waals surface area (Å²) < 4.78 is 28.6. The van der Waals surface area contributed by atoms with Crippen molar-refractivity contribution in [2.24, 2.45) is 0 Å². The maximum atomic E-state index is 13.4. The molecule has 4 rings (SSSR count). The molecule has 1 amide bonds. The molecule has 0 aliphatic heterocycles. The number of imidazole rings is 1. The first-order valence-electron chi connectivity index (χ1n) is 8.92. The lowest BCUT2D eigenvalue weighted by Gasteiger charge is -2.21. The summed E-state index contributed by atoms with van der Waals surface area (Å²) in [5, 5.41) is 2.94. The van der Waals surface area contributed by atoms with Gasteiger partial charge in [0.15, 0.2) is 0 Å². The second-order valence-electron chi connectivity index (χ2n) is 6.59. The van der Waals surface area contributed by atoms with Gasteiger partial charge in [-0.3, -0.25) is 4.79 Å². The minimum atomic E-state index is -0.522. The zero-order valence-corrected chi connectivity index (χ0v) is 15.9. The smallest absolute Gasteiger partial charge is 0.253 e. The van der Waals surface area contributed by atoms with Crippen LogP contribution in [-0.2, 0) is 6.54 Å². The molecular weight excluding hydrogens is 396 g/mol. The van der Waals surface area contributed by atoms with Crippen molar-refractivity contribution in [2.75, 3.05) is 0 Å². The number of amides is 1. The van der Waals surface area contributed by atoms with Gasteiger partial charge in [-0.15, -0.1) is 0 Å². The van der Waals surface area contributed by atoms with Gasteiger partial charge in [0.05, 0.1) is 34.0 Å². The van der Waals surface area contributed by atoms with Gasteiger partial charge < -0.3 is 9.88 Å². The van der Waals surface area contributed by atoms with Crippen LogP contribution in [-0.4, -0.2) is 15.5 Å². The van der Waals surface area contributed by atoms with Crippen molar-refractivity contribution < 1.29 is 13.6 Å². The number of nitrogens with one attached hydrogen (secondary N) is 1. The molecule has 146 valence electrons. The quantitative estimate of drug-likeness (QED) is 0.494. The first kappa shape index (κ1) is 19.1. The van der Waals surface area contributed by atoms with Gasteiger partial charge in [0, 0.05) is 6.54 Å². The second kappa shape index (κ2) is 8.01. The molecule has 0 radical (unpaired) electrons. The highest BCUT2D eigenvalue weighted by Crippen LogP contribution is 2.22. The van der Waals surface area contributed by atoms with Crippen molar-refractivity contribution in [3.8, 4) is 0 Å². The molecule has 0 aliphatic carbocycles. The number of halogens is 3. The average Bonchev–Trinajstić information content (AvgIpc) is 3.11. The Morgan fingerprint density at radius 3 is 2.52 bits per heavy atom. The Morgan fingerprint density at radius 2 is 1.76 bits per heavy atom. The summed E-state index contributed by atoms with van der Waals surface area (Å²) in [6.07, 6.45) is 1.69. The summed E-state index contributed by atoms with van der Waals surface area (Å²) in [6, 6.07) is 16.7. The highest BCUT2D eigenvalue weighted by atomic mass is 35.5. The second-order valence-corrected chi connectivity index (χ2v) is 6.99. The Bertz CT molecular complexity index is 1170. The van der Waals surface area contributed by atoms with Crippen LogP contribution < -0.4 is 5.32 Å². The van der Waals surface area contributed by atoms with Crippen molar-refractivity contribution in [3.63, 3.8) is 0 Å². The van der Waals surface area contributed by atoms with E-state index in [0.717, 1.165) is 22.7 Å². The number of hydrogen-bond acceptors (Lipinski definition) is 2.